The fraction of sp³-hybridized carbons (Fsp3) is 0.286. The summed E-state index contributed by atoms with van der Waals surface area (Å²) in [6.45, 7) is 6.39. The molecule has 2 aromatic carbocycles. The van der Waals surface area contributed by atoms with E-state index in [1.165, 1.54) is 22.0 Å². The van der Waals surface area contributed by atoms with Crippen molar-refractivity contribution in [3.05, 3.63) is 64.4 Å². The van der Waals surface area contributed by atoms with E-state index in [0.29, 0.717) is 27.6 Å². The summed E-state index contributed by atoms with van der Waals surface area (Å²) in [7, 11) is 0. The van der Waals surface area contributed by atoms with Gasteiger partial charge in [-0.05, 0) is 48.2 Å². The molecule has 30 heavy (non-hydrogen) atoms. The maximum Gasteiger partial charge on any atom is 0.234 e. The first-order valence-electron chi connectivity index (χ1n) is 9.44. The van der Waals surface area contributed by atoms with Crippen LogP contribution < -0.4 is 15.9 Å². The number of carbonyl (C=O) groups is 1. The average molecular weight is 446 g/mol. The van der Waals surface area contributed by atoms with Gasteiger partial charge < -0.3 is 15.9 Å². The minimum absolute atomic E-state index is 0.122. The minimum atomic E-state index is -0.211. The summed E-state index contributed by atoms with van der Waals surface area (Å²) in [5.74, 6) is 7.62. The van der Waals surface area contributed by atoms with Crippen LogP contribution in [0.15, 0.2) is 47.6 Å². The number of nitrogens with two attached hydrogens (primary N) is 1. The number of hydrogen-bond acceptors (Lipinski definition) is 6. The van der Waals surface area contributed by atoms with E-state index in [1.54, 1.807) is 12.1 Å². The smallest absolute Gasteiger partial charge is 0.234 e. The van der Waals surface area contributed by atoms with E-state index in [1.807, 2.05) is 37.3 Å². The zero-order chi connectivity index (χ0) is 21.7. The molecule has 0 aliphatic heterocycles. The summed E-state index contributed by atoms with van der Waals surface area (Å²) < 4.78 is 7.07. The van der Waals surface area contributed by atoms with E-state index >= 15 is 0 Å². The number of thioether (sulfide) groups is 1. The van der Waals surface area contributed by atoms with Crippen LogP contribution in [0.2, 0.25) is 5.02 Å². The Bertz CT molecular complexity index is 1020. The van der Waals surface area contributed by atoms with E-state index in [9.17, 15) is 4.79 Å². The van der Waals surface area contributed by atoms with Crippen molar-refractivity contribution >= 4 is 35.0 Å². The fourth-order valence-electron chi connectivity index (χ4n) is 2.64. The number of rotatable bonds is 8. The molecule has 0 radical (unpaired) electrons. The molecule has 0 atom stereocenters. The number of halogens is 1. The molecule has 0 saturated carbocycles. The molecular formula is C21H24ClN5O2S. The molecule has 0 saturated heterocycles. The third-order valence-corrected chi connectivity index (χ3v) is 5.64. The number of nitrogens with zero attached hydrogens (tertiary/aromatic N) is 3. The molecule has 0 aliphatic rings. The Labute approximate surface area is 184 Å². The van der Waals surface area contributed by atoms with Gasteiger partial charge in [0.15, 0.2) is 5.82 Å². The zero-order valence-electron chi connectivity index (χ0n) is 17.1. The summed E-state index contributed by atoms with van der Waals surface area (Å²) in [5.41, 5.74) is 2.84. The van der Waals surface area contributed by atoms with Gasteiger partial charge in [-0.3, -0.25) is 4.79 Å². The summed E-state index contributed by atoms with van der Waals surface area (Å²) >= 11 is 7.33. The van der Waals surface area contributed by atoms with Crippen LogP contribution in [0.4, 0.5) is 5.69 Å². The van der Waals surface area contributed by atoms with Crippen molar-refractivity contribution in [1.82, 2.24) is 14.9 Å². The summed E-state index contributed by atoms with van der Waals surface area (Å²) in [4.78, 5) is 12.2. The second-order valence-electron chi connectivity index (χ2n) is 7.10. The first-order chi connectivity index (χ1) is 14.3. The van der Waals surface area contributed by atoms with Gasteiger partial charge in [0.25, 0.3) is 0 Å². The Hall–Kier alpha value is -2.71. The second-order valence-corrected chi connectivity index (χ2v) is 8.45. The third-order valence-electron chi connectivity index (χ3n) is 4.38. The number of hydrogen-bond donors (Lipinski definition) is 2. The Morgan fingerprint density at radius 3 is 2.63 bits per heavy atom. The van der Waals surface area contributed by atoms with Crippen molar-refractivity contribution in [2.75, 3.05) is 16.9 Å². The molecule has 3 N–H and O–H groups in total. The predicted octanol–water partition coefficient (Wildman–Crippen LogP) is 4.39. The predicted molar refractivity (Wildman–Crippen MR) is 121 cm³/mol. The quantitative estimate of drug-likeness (QED) is 0.394. The van der Waals surface area contributed by atoms with Crippen LogP contribution in [0.1, 0.15) is 36.7 Å². The molecule has 1 amide bonds. The van der Waals surface area contributed by atoms with Gasteiger partial charge in [0, 0.05) is 0 Å². The fourth-order valence-corrected chi connectivity index (χ4v) is 3.60. The lowest BCUT2D eigenvalue weighted by Gasteiger charge is -2.09. The number of anilines is 1. The third kappa shape index (κ3) is 5.67. The number of nitrogens with one attached hydrogen (secondary N) is 1. The largest absolute Gasteiger partial charge is 0.486 e. The molecule has 0 spiro atoms. The number of amides is 1. The number of aromatic nitrogens is 3. The van der Waals surface area contributed by atoms with Gasteiger partial charge in [0.2, 0.25) is 11.1 Å². The minimum Gasteiger partial charge on any atom is -0.486 e. The molecule has 0 bridgehead atoms. The highest BCUT2D eigenvalue weighted by atomic mass is 35.5. The average Bonchev–Trinajstić information content (AvgIpc) is 3.07. The highest BCUT2D eigenvalue weighted by Crippen LogP contribution is 2.24. The Balaban J connectivity index is 1.52. The Morgan fingerprint density at radius 1 is 1.23 bits per heavy atom. The molecule has 1 aromatic heterocycles. The molecule has 0 fully saturated rings. The van der Waals surface area contributed by atoms with E-state index in [-0.39, 0.29) is 18.3 Å². The van der Waals surface area contributed by atoms with Gasteiger partial charge in [0.1, 0.15) is 12.4 Å². The molecule has 158 valence electrons. The van der Waals surface area contributed by atoms with E-state index in [2.05, 4.69) is 29.4 Å². The lowest BCUT2D eigenvalue weighted by molar-refractivity contribution is -0.113. The van der Waals surface area contributed by atoms with E-state index in [0.717, 1.165) is 11.3 Å². The molecule has 9 heteroatoms. The Kier molecular flexibility index (Phi) is 7.23. The molecule has 7 nitrogen and oxygen atoms in total. The van der Waals surface area contributed by atoms with Crippen LogP contribution >= 0.6 is 23.4 Å². The standard InChI is InChI=1S/C21H24ClN5O2S/c1-13(2)15-5-7-16(8-6-15)29-11-19-25-26-21(27(19)23)30-12-20(28)24-18-9-4-14(3)10-17(18)22/h4-10,13H,11-12,23H2,1-3H3,(H,24,28). The highest BCUT2D eigenvalue weighted by Gasteiger charge is 2.14. The van der Waals surface area contributed by atoms with Crippen molar-refractivity contribution in [3.63, 3.8) is 0 Å². The van der Waals surface area contributed by atoms with Crippen molar-refractivity contribution in [2.24, 2.45) is 0 Å². The molecular weight excluding hydrogens is 422 g/mol. The van der Waals surface area contributed by atoms with E-state index in [4.69, 9.17) is 22.2 Å². The molecule has 3 rings (SSSR count). The summed E-state index contributed by atoms with van der Waals surface area (Å²) in [6.07, 6.45) is 0. The van der Waals surface area contributed by atoms with Crippen LogP contribution in [0.5, 0.6) is 5.75 Å². The first kappa shape index (κ1) is 22.0. The van der Waals surface area contributed by atoms with Gasteiger partial charge in [0.05, 0.1) is 16.5 Å². The molecule has 0 unspecified atom stereocenters. The number of ether oxygens (including phenoxy) is 1. The Morgan fingerprint density at radius 2 is 1.97 bits per heavy atom. The van der Waals surface area contributed by atoms with E-state index < -0.39 is 0 Å². The van der Waals surface area contributed by atoms with Crippen molar-refractivity contribution < 1.29 is 9.53 Å². The van der Waals surface area contributed by atoms with Crippen molar-refractivity contribution in [1.29, 1.82) is 0 Å². The van der Waals surface area contributed by atoms with Gasteiger partial charge in [-0.2, -0.15) is 0 Å². The van der Waals surface area contributed by atoms with Crippen molar-refractivity contribution in [2.45, 2.75) is 38.5 Å². The van der Waals surface area contributed by atoms with Crippen LogP contribution in [0, 0.1) is 6.92 Å². The topological polar surface area (TPSA) is 95.1 Å². The summed E-state index contributed by atoms with van der Waals surface area (Å²) in [6, 6.07) is 13.4. The van der Waals surface area contributed by atoms with Crippen LogP contribution in [0.3, 0.4) is 0 Å². The van der Waals surface area contributed by atoms with Crippen LogP contribution in [-0.2, 0) is 11.4 Å². The van der Waals surface area contributed by atoms with Crippen LogP contribution in [-0.4, -0.2) is 26.5 Å². The summed E-state index contributed by atoms with van der Waals surface area (Å²) in [5, 5.41) is 11.8. The maximum atomic E-state index is 12.2. The van der Waals surface area contributed by atoms with Crippen molar-refractivity contribution in [3.8, 4) is 5.75 Å². The molecule has 0 aliphatic carbocycles. The second kappa shape index (κ2) is 9.86. The number of benzene rings is 2. The number of carbonyl (C=O) groups excluding carboxylic acids is 1. The van der Waals surface area contributed by atoms with Gasteiger partial charge in [-0.1, -0.05) is 55.4 Å². The first-order valence-corrected chi connectivity index (χ1v) is 10.8. The van der Waals surface area contributed by atoms with Gasteiger partial charge in [-0.25, -0.2) is 4.68 Å². The van der Waals surface area contributed by atoms with Crippen LogP contribution in [0.25, 0.3) is 0 Å². The highest BCUT2D eigenvalue weighted by molar-refractivity contribution is 7.99. The zero-order valence-corrected chi connectivity index (χ0v) is 18.6. The molecule has 1 heterocycles. The lowest BCUT2D eigenvalue weighted by atomic mass is 10.0. The number of aryl methyl sites for hydroxylation is 1. The molecule has 3 aromatic rings. The van der Waals surface area contributed by atoms with Gasteiger partial charge in [-0.15, -0.1) is 10.2 Å². The maximum absolute atomic E-state index is 12.2. The van der Waals surface area contributed by atoms with Gasteiger partial charge >= 0.3 is 0 Å². The SMILES string of the molecule is Cc1ccc(NC(=O)CSc2nnc(COc3ccc(C(C)C)cc3)n2N)c(Cl)c1. The monoisotopic (exact) mass is 445 g/mol. The normalized spacial score (nSPS) is 11.0. The lowest BCUT2D eigenvalue weighted by Crippen LogP contribution is -2.18. The number of nitrogen functional groups attached to an aromatic ring is 1.